The van der Waals surface area contributed by atoms with Crippen molar-refractivity contribution in [3.05, 3.63) is 64.1 Å². The molecule has 1 atom stereocenters. The summed E-state index contributed by atoms with van der Waals surface area (Å²) in [4.78, 5) is 0. The molecular weight excluding hydrogens is 374 g/mol. The van der Waals surface area contributed by atoms with E-state index in [0.29, 0.717) is 17.8 Å². The molecule has 3 heteroatoms. The van der Waals surface area contributed by atoms with E-state index in [0.717, 1.165) is 27.5 Å². The molecule has 0 radical (unpaired) electrons. The van der Waals surface area contributed by atoms with Crippen LogP contribution in [-0.2, 0) is 0 Å². The van der Waals surface area contributed by atoms with Gasteiger partial charge in [-0.15, -0.1) is 0 Å². The topological polar surface area (TPSA) is 20.2 Å². The maximum absolute atomic E-state index is 10.5. The highest BCUT2D eigenvalue weighted by molar-refractivity contribution is 9.10. The Balaban J connectivity index is 2.38. The normalized spacial score (nSPS) is 13.4. The largest absolute Gasteiger partial charge is 0.508 e. The average molecular weight is 405 g/mol. The predicted molar refractivity (Wildman–Crippen MR) is 110 cm³/mol. The molecule has 0 unspecified atom stereocenters. The Morgan fingerprint density at radius 3 is 2.12 bits per heavy atom. The summed E-state index contributed by atoms with van der Waals surface area (Å²) in [5.41, 5.74) is 2.26. The number of nitrogens with zero attached hydrogens (tertiary/aromatic N) is 1. The third-order valence-electron chi connectivity index (χ3n) is 5.83. The summed E-state index contributed by atoms with van der Waals surface area (Å²) in [6, 6.07) is 17.4. The lowest BCUT2D eigenvalue weighted by atomic mass is 9.87. The Kier molecular flexibility index (Phi) is 6.70. The lowest BCUT2D eigenvalue weighted by Gasteiger charge is -2.43. The molecule has 0 fully saturated rings. The van der Waals surface area contributed by atoms with Gasteiger partial charge in [-0.05, 0) is 51.5 Å². The summed E-state index contributed by atoms with van der Waals surface area (Å²) in [7, 11) is 2.35. The van der Waals surface area contributed by atoms with E-state index in [9.17, 15) is 5.11 Å². The molecule has 136 valence electrons. The SMILES string of the molecule is CC(C)[N+](C)(CC[C@H](c1ccccc1)c1cc(Br)ccc1O)C(C)C. The van der Waals surface area contributed by atoms with Crippen LogP contribution in [-0.4, -0.2) is 35.3 Å². The second-order valence-corrected chi connectivity index (χ2v) is 8.63. The van der Waals surface area contributed by atoms with Crippen LogP contribution in [0.15, 0.2) is 53.0 Å². The van der Waals surface area contributed by atoms with Gasteiger partial charge < -0.3 is 9.59 Å². The van der Waals surface area contributed by atoms with E-state index in [2.05, 4.69) is 81.0 Å². The first kappa shape index (κ1) is 20.0. The van der Waals surface area contributed by atoms with Gasteiger partial charge in [0.2, 0.25) is 0 Å². The summed E-state index contributed by atoms with van der Waals surface area (Å²) in [5.74, 6) is 0.564. The van der Waals surface area contributed by atoms with Crippen LogP contribution < -0.4 is 0 Å². The number of hydrogen-bond donors (Lipinski definition) is 1. The van der Waals surface area contributed by atoms with Crippen molar-refractivity contribution in [1.29, 1.82) is 0 Å². The van der Waals surface area contributed by atoms with Crippen molar-refractivity contribution in [2.45, 2.75) is 52.1 Å². The first-order chi connectivity index (χ1) is 11.8. The van der Waals surface area contributed by atoms with Crippen LogP contribution in [0.25, 0.3) is 0 Å². The van der Waals surface area contributed by atoms with Crippen molar-refractivity contribution in [2.24, 2.45) is 0 Å². The summed E-state index contributed by atoms with van der Waals surface area (Å²) >= 11 is 3.56. The fraction of sp³-hybridized carbons (Fsp3) is 0.455. The third kappa shape index (κ3) is 4.65. The van der Waals surface area contributed by atoms with Crippen molar-refractivity contribution in [1.82, 2.24) is 0 Å². The molecule has 0 aliphatic rings. The number of aromatic hydroxyl groups is 1. The van der Waals surface area contributed by atoms with Crippen LogP contribution in [0, 0.1) is 0 Å². The summed E-state index contributed by atoms with van der Waals surface area (Å²) in [6.07, 6.45) is 1.00. The number of rotatable bonds is 7. The van der Waals surface area contributed by atoms with Crippen LogP contribution in [0.5, 0.6) is 5.75 Å². The van der Waals surface area contributed by atoms with E-state index >= 15 is 0 Å². The molecule has 0 saturated heterocycles. The molecule has 25 heavy (non-hydrogen) atoms. The number of halogens is 1. The van der Waals surface area contributed by atoms with Gasteiger partial charge in [-0.3, -0.25) is 0 Å². The minimum absolute atomic E-state index is 0.189. The van der Waals surface area contributed by atoms with Gasteiger partial charge in [0.05, 0.1) is 25.7 Å². The lowest BCUT2D eigenvalue weighted by molar-refractivity contribution is -0.949. The molecule has 0 saturated carbocycles. The Labute approximate surface area is 161 Å². The molecule has 2 nitrogen and oxygen atoms in total. The van der Waals surface area contributed by atoms with Gasteiger partial charge >= 0.3 is 0 Å². The first-order valence-corrected chi connectivity index (χ1v) is 9.93. The van der Waals surface area contributed by atoms with Crippen LogP contribution in [0.1, 0.15) is 51.2 Å². The molecule has 0 amide bonds. The van der Waals surface area contributed by atoms with Gasteiger partial charge in [0.15, 0.2) is 0 Å². The van der Waals surface area contributed by atoms with Crippen LogP contribution in [0.3, 0.4) is 0 Å². The highest BCUT2D eigenvalue weighted by Gasteiger charge is 2.31. The van der Waals surface area contributed by atoms with E-state index in [1.807, 2.05) is 12.1 Å². The smallest absolute Gasteiger partial charge is 0.119 e. The van der Waals surface area contributed by atoms with Crippen LogP contribution in [0.4, 0.5) is 0 Å². The Morgan fingerprint density at radius 1 is 0.960 bits per heavy atom. The van der Waals surface area contributed by atoms with Crippen molar-refractivity contribution >= 4 is 15.9 Å². The highest BCUT2D eigenvalue weighted by Crippen LogP contribution is 2.36. The fourth-order valence-electron chi connectivity index (χ4n) is 3.51. The number of phenols is 1. The lowest BCUT2D eigenvalue weighted by Crippen LogP contribution is -2.55. The monoisotopic (exact) mass is 404 g/mol. The Bertz CT molecular complexity index is 674. The molecule has 0 heterocycles. The third-order valence-corrected chi connectivity index (χ3v) is 6.32. The van der Waals surface area contributed by atoms with Crippen molar-refractivity contribution in [3.63, 3.8) is 0 Å². The van der Waals surface area contributed by atoms with Gasteiger partial charge in [0.1, 0.15) is 5.75 Å². The molecular formula is C22H31BrNO+. The Hall–Kier alpha value is -1.32. The zero-order valence-electron chi connectivity index (χ0n) is 16.0. The zero-order chi connectivity index (χ0) is 18.6. The van der Waals surface area contributed by atoms with Gasteiger partial charge in [-0.1, -0.05) is 46.3 Å². The van der Waals surface area contributed by atoms with E-state index in [-0.39, 0.29) is 5.92 Å². The predicted octanol–water partition coefficient (Wildman–Crippen LogP) is 5.94. The van der Waals surface area contributed by atoms with E-state index in [1.54, 1.807) is 6.07 Å². The van der Waals surface area contributed by atoms with Gasteiger partial charge in [-0.25, -0.2) is 0 Å². The summed E-state index contributed by atoms with van der Waals surface area (Å²) in [6.45, 7) is 10.3. The first-order valence-electron chi connectivity index (χ1n) is 9.14. The summed E-state index contributed by atoms with van der Waals surface area (Å²) < 4.78 is 2.03. The second kappa shape index (κ2) is 8.37. The number of quaternary nitrogens is 1. The molecule has 1 N–H and O–H groups in total. The number of benzene rings is 2. The molecule has 0 bridgehead atoms. The van der Waals surface area contributed by atoms with E-state index < -0.39 is 0 Å². The zero-order valence-corrected chi connectivity index (χ0v) is 17.6. The Morgan fingerprint density at radius 2 is 1.56 bits per heavy atom. The molecule has 0 aliphatic carbocycles. The van der Waals surface area contributed by atoms with E-state index in [1.165, 1.54) is 5.56 Å². The molecule has 0 aliphatic heterocycles. The minimum atomic E-state index is 0.189. The minimum Gasteiger partial charge on any atom is -0.508 e. The quantitative estimate of drug-likeness (QED) is 0.565. The average Bonchev–Trinajstić information content (AvgIpc) is 2.58. The van der Waals surface area contributed by atoms with Gasteiger partial charge in [-0.2, -0.15) is 0 Å². The molecule has 0 aromatic heterocycles. The maximum atomic E-state index is 10.5. The molecule has 2 aromatic rings. The standard InChI is InChI=1S/C22H30BrNO/c1-16(2)24(5,17(3)4)14-13-20(18-9-7-6-8-10-18)21-15-19(23)11-12-22(21)25/h6-12,15-17,20H,13-14H2,1-5H3/p+1/t20-/m1/s1. The van der Waals surface area contributed by atoms with Crippen molar-refractivity contribution in [2.75, 3.05) is 13.6 Å². The number of hydrogen-bond acceptors (Lipinski definition) is 1. The highest BCUT2D eigenvalue weighted by atomic mass is 79.9. The van der Waals surface area contributed by atoms with Crippen molar-refractivity contribution in [3.8, 4) is 5.75 Å². The van der Waals surface area contributed by atoms with Crippen LogP contribution in [0.2, 0.25) is 0 Å². The molecule has 2 rings (SSSR count). The van der Waals surface area contributed by atoms with Crippen molar-refractivity contribution < 1.29 is 9.59 Å². The molecule has 0 spiro atoms. The van der Waals surface area contributed by atoms with Gasteiger partial charge in [0, 0.05) is 22.4 Å². The van der Waals surface area contributed by atoms with Gasteiger partial charge in [0.25, 0.3) is 0 Å². The maximum Gasteiger partial charge on any atom is 0.119 e. The molecule has 2 aromatic carbocycles. The van der Waals surface area contributed by atoms with E-state index in [4.69, 9.17) is 0 Å². The second-order valence-electron chi connectivity index (χ2n) is 7.71. The van der Waals surface area contributed by atoms with Crippen LogP contribution >= 0.6 is 15.9 Å². The summed E-state index contributed by atoms with van der Waals surface area (Å²) in [5, 5.41) is 10.5. The fourth-order valence-corrected chi connectivity index (χ4v) is 3.89. The number of phenolic OH excluding ortho intramolecular Hbond substituents is 1.